The predicted octanol–water partition coefficient (Wildman–Crippen LogP) is 2.54. The summed E-state index contributed by atoms with van der Waals surface area (Å²) in [7, 11) is 0. The Kier molecular flexibility index (Phi) is 2.83. The molecule has 2 aromatic rings. The topological polar surface area (TPSA) is 66.0 Å². The van der Waals surface area contributed by atoms with Crippen molar-refractivity contribution in [3.8, 4) is 0 Å². The van der Waals surface area contributed by atoms with Crippen LogP contribution in [0.3, 0.4) is 0 Å². The van der Waals surface area contributed by atoms with Gasteiger partial charge >= 0.3 is 5.97 Å². The average molecular weight is 239 g/mol. The number of carbonyl (C=O) groups is 1. The molecule has 0 unspecified atom stereocenters. The minimum Gasteiger partial charge on any atom is -0.481 e. The Morgan fingerprint density at radius 2 is 2.31 bits per heavy atom. The number of rotatable bonds is 3. The molecule has 0 aliphatic heterocycles. The van der Waals surface area contributed by atoms with E-state index in [0.717, 1.165) is 22.2 Å². The average Bonchev–Trinajstić information content (AvgIpc) is 2.58. The first-order valence-corrected chi connectivity index (χ1v) is 5.30. The van der Waals surface area contributed by atoms with E-state index in [1.165, 1.54) is 0 Å². The van der Waals surface area contributed by atoms with Crippen molar-refractivity contribution in [2.75, 3.05) is 0 Å². The zero-order chi connectivity index (χ0) is 11.7. The van der Waals surface area contributed by atoms with Crippen molar-refractivity contribution in [2.24, 2.45) is 0 Å². The number of hydrogen-bond acceptors (Lipinski definition) is 2. The van der Waals surface area contributed by atoms with Crippen molar-refractivity contribution < 1.29 is 9.90 Å². The van der Waals surface area contributed by atoms with Crippen molar-refractivity contribution in [1.82, 2.24) is 10.2 Å². The van der Waals surface area contributed by atoms with E-state index >= 15 is 0 Å². The molecule has 2 rings (SSSR count). The molecular weight excluding hydrogens is 228 g/mol. The van der Waals surface area contributed by atoms with Crippen LogP contribution in [0.2, 0.25) is 5.02 Å². The van der Waals surface area contributed by atoms with Gasteiger partial charge in [-0.05, 0) is 31.0 Å². The smallest absolute Gasteiger partial charge is 0.303 e. The zero-order valence-corrected chi connectivity index (χ0v) is 9.51. The highest BCUT2D eigenvalue weighted by molar-refractivity contribution is 6.35. The van der Waals surface area contributed by atoms with Gasteiger partial charge in [-0.15, -0.1) is 0 Å². The lowest BCUT2D eigenvalue weighted by Gasteiger charge is -2.01. The number of halogens is 1. The fourth-order valence-electron chi connectivity index (χ4n) is 1.65. The number of carboxylic acids is 1. The van der Waals surface area contributed by atoms with Gasteiger partial charge in [0.15, 0.2) is 0 Å². The molecule has 0 spiro atoms. The molecule has 0 aliphatic carbocycles. The molecule has 4 nitrogen and oxygen atoms in total. The number of carboxylic acid groups (broad SMARTS) is 1. The molecule has 1 aromatic heterocycles. The number of nitrogens with one attached hydrogen (secondary N) is 1. The van der Waals surface area contributed by atoms with Crippen LogP contribution in [0.25, 0.3) is 10.9 Å². The van der Waals surface area contributed by atoms with E-state index in [4.69, 9.17) is 16.7 Å². The monoisotopic (exact) mass is 238 g/mol. The van der Waals surface area contributed by atoms with Crippen LogP contribution in [0, 0.1) is 6.92 Å². The quantitative estimate of drug-likeness (QED) is 0.864. The van der Waals surface area contributed by atoms with Crippen LogP contribution in [0.5, 0.6) is 0 Å². The van der Waals surface area contributed by atoms with Crippen LogP contribution in [-0.2, 0) is 11.2 Å². The minimum atomic E-state index is -0.805. The van der Waals surface area contributed by atoms with Crippen molar-refractivity contribution in [2.45, 2.75) is 19.8 Å². The summed E-state index contributed by atoms with van der Waals surface area (Å²) in [4.78, 5) is 10.5. The number of benzene rings is 1. The first-order chi connectivity index (χ1) is 7.58. The number of nitrogens with zero attached hydrogens (tertiary/aromatic N) is 1. The lowest BCUT2D eigenvalue weighted by Crippen LogP contribution is -1.97. The molecule has 0 bridgehead atoms. The maximum atomic E-state index is 10.5. The van der Waals surface area contributed by atoms with Crippen molar-refractivity contribution in [1.29, 1.82) is 0 Å². The fourth-order valence-corrected chi connectivity index (χ4v) is 1.93. The Bertz CT molecular complexity index is 548. The number of aliphatic carboxylic acids is 1. The predicted molar refractivity (Wildman–Crippen MR) is 61.8 cm³/mol. The molecule has 0 saturated heterocycles. The van der Waals surface area contributed by atoms with Gasteiger partial charge in [0.2, 0.25) is 0 Å². The summed E-state index contributed by atoms with van der Waals surface area (Å²) in [5, 5.41) is 17.1. The van der Waals surface area contributed by atoms with Crippen molar-refractivity contribution >= 4 is 28.5 Å². The number of aryl methyl sites for hydroxylation is 2. The number of aromatic amines is 1. The molecular formula is C11H11ClN2O2. The van der Waals surface area contributed by atoms with Gasteiger partial charge in [0.05, 0.1) is 5.02 Å². The number of aromatic nitrogens is 2. The molecule has 5 heteroatoms. The van der Waals surface area contributed by atoms with Gasteiger partial charge in [0.1, 0.15) is 5.52 Å². The van der Waals surface area contributed by atoms with Gasteiger partial charge in [0.25, 0.3) is 0 Å². The van der Waals surface area contributed by atoms with E-state index < -0.39 is 5.97 Å². The molecule has 1 heterocycles. The summed E-state index contributed by atoms with van der Waals surface area (Å²) in [5.74, 6) is -0.805. The third kappa shape index (κ3) is 2.02. The van der Waals surface area contributed by atoms with Gasteiger partial charge in [-0.25, -0.2) is 0 Å². The Morgan fingerprint density at radius 3 is 3.00 bits per heavy atom. The third-order valence-electron chi connectivity index (χ3n) is 2.49. The second kappa shape index (κ2) is 4.14. The Labute approximate surface area is 97.2 Å². The van der Waals surface area contributed by atoms with Crippen LogP contribution in [0.4, 0.5) is 0 Å². The van der Waals surface area contributed by atoms with Crippen molar-refractivity contribution in [3.63, 3.8) is 0 Å². The Morgan fingerprint density at radius 1 is 1.56 bits per heavy atom. The fraction of sp³-hybridized carbons (Fsp3) is 0.273. The molecule has 0 fully saturated rings. The second-order valence-electron chi connectivity index (χ2n) is 3.72. The van der Waals surface area contributed by atoms with E-state index in [1.807, 2.05) is 13.0 Å². The summed E-state index contributed by atoms with van der Waals surface area (Å²) in [6, 6.07) is 3.70. The molecule has 16 heavy (non-hydrogen) atoms. The lowest BCUT2D eigenvalue weighted by molar-refractivity contribution is -0.136. The van der Waals surface area contributed by atoms with E-state index in [0.29, 0.717) is 11.4 Å². The standard InChI is InChI=1S/C11H11ClN2O2/c1-6-8-4-7(2-3-10(15)16)5-9(12)11(8)14-13-6/h4-5H,2-3H2,1H3,(H,13,14)(H,15,16). The first-order valence-electron chi connectivity index (χ1n) is 4.93. The molecule has 0 saturated carbocycles. The molecule has 0 aliphatic rings. The normalized spacial score (nSPS) is 10.9. The molecule has 84 valence electrons. The highest BCUT2D eigenvalue weighted by atomic mass is 35.5. The number of fused-ring (bicyclic) bond motifs is 1. The molecule has 0 radical (unpaired) electrons. The summed E-state index contributed by atoms with van der Waals surface area (Å²) < 4.78 is 0. The summed E-state index contributed by atoms with van der Waals surface area (Å²) in [6.45, 7) is 1.91. The van der Waals surface area contributed by atoms with Gasteiger partial charge in [-0.2, -0.15) is 5.10 Å². The van der Waals surface area contributed by atoms with Crippen molar-refractivity contribution in [3.05, 3.63) is 28.4 Å². The van der Waals surface area contributed by atoms with Crippen LogP contribution < -0.4 is 0 Å². The van der Waals surface area contributed by atoms with Crippen LogP contribution in [-0.4, -0.2) is 21.3 Å². The van der Waals surface area contributed by atoms with Gasteiger partial charge in [0, 0.05) is 17.5 Å². The SMILES string of the molecule is Cc1[nH]nc2c(Cl)cc(CCC(=O)O)cc12. The summed E-state index contributed by atoms with van der Waals surface area (Å²) in [6.07, 6.45) is 0.592. The number of hydrogen-bond donors (Lipinski definition) is 2. The number of H-pyrrole nitrogens is 1. The van der Waals surface area contributed by atoms with E-state index in [9.17, 15) is 4.79 Å². The van der Waals surface area contributed by atoms with Crippen LogP contribution >= 0.6 is 11.6 Å². The summed E-state index contributed by atoms with van der Waals surface area (Å²) >= 11 is 6.06. The first kappa shape index (κ1) is 11.0. The van der Waals surface area contributed by atoms with Gasteiger partial charge < -0.3 is 5.11 Å². The van der Waals surface area contributed by atoms with Gasteiger partial charge in [-0.1, -0.05) is 11.6 Å². The molecule has 2 N–H and O–H groups in total. The molecule has 0 atom stereocenters. The highest BCUT2D eigenvalue weighted by Crippen LogP contribution is 2.26. The molecule has 1 aromatic carbocycles. The lowest BCUT2D eigenvalue weighted by atomic mass is 10.1. The largest absolute Gasteiger partial charge is 0.481 e. The Hall–Kier alpha value is -1.55. The maximum absolute atomic E-state index is 10.5. The van der Waals surface area contributed by atoms with E-state index in [1.54, 1.807) is 6.07 Å². The highest BCUT2D eigenvalue weighted by Gasteiger charge is 2.08. The molecule has 0 amide bonds. The maximum Gasteiger partial charge on any atom is 0.303 e. The van der Waals surface area contributed by atoms with Gasteiger partial charge in [-0.3, -0.25) is 9.89 Å². The minimum absolute atomic E-state index is 0.110. The van der Waals surface area contributed by atoms with Crippen LogP contribution in [0.1, 0.15) is 17.7 Å². The van der Waals surface area contributed by atoms with Crippen LogP contribution in [0.15, 0.2) is 12.1 Å². The Balaban J connectivity index is 2.40. The third-order valence-corrected chi connectivity index (χ3v) is 2.78. The van der Waals surface area contributed by atoms with E-state index in [-0.39, 0.29) is 6.42 Å². The summed E-state index contributed by atoms with van der Waals surface area (Å²) in [5.41, 5.74) is 2.59. The zero-order valence-electron chi connectivity index (χ0n) is 8.75. The second-order valence-corrected chi connectivity index (χ2v) is 4.12. The van der Waals surface area contributed by atoms with E-state index in [2.05, 4.69) is 10.2 Å².